The van der Waals surface area contributed by atoms with Gasteiger partial charge in [-0.1, -0.05) is 11.6 Å². The Bertz CT molecular complexity index is 447. The van der Waals surface area contributed by atoms with Crippen LogP contribution < -0.4 is 5.73 Å². The quantitative estimate of drug-likeness (QED) is 0.857. The fraction of sp³-hybridized carbons (Fsp3) is 0.222. The fourth-order valence-corrected chi connectivity index (χ4v) is 2.23. The largest absolute Gasteiger partial charge is 0.383 e. The van der Waals surface area contributed by atoms with Crippen LogP contribution >= 0.6 is 22.9 Å². The Kier molecular flexibility index (Phi) is 2.48. The van der Waals surface area contributed by atoms with Gasteiger partial charge in [-0.15, -0.1) is 11.3 Å². The monoisotopic (exact) mass is 227 g/mol. The number of aryl methyl sites for hydroxylation is 1. The zero-order valence-electron chi connectivity index (χ0n) is 7.70. The molecule has 0 saturated carbocycles. The SMILES string of the molecule is Cc1ccc(Cn2ncc(Cl)c2N)s1. The molecular formula is C9H10ClN3S. The third-order valence-electron chi connectivity index (χ3n) is 1.93. The molecule has 0 radical (unpaired) electrons. The third kappa shape index (κ3) is 1.76. The summed E-state index contributed by atoms with van der Waals surface area (Å²) in [5.41, 5.74) is 5.73. The number of thiophene rings is 1. The van der Waals surface area contributed by atoms with Crippen LogP contribution in [-0.2, 0) is 6.54 Å². The van der Waals surface area contributed by atoms with Crippen LogP contribution in [-0.4, -0.2) is 9.78 Å². The predicted octanol–water partition coefficient (Wildman–Crippen LogP) is 2.54. The van der Waals surface area contributed by atoms with Crippen molar-refractivity contribution in [2.45, 2.75) is 13.5 Å². The van der Waals surface area contributed by atoms with Crippen LogP contribution in [0.1, 0.15) is 9.75 Å². The van der Waals surface area contributed by atoms with E-state index in [2.05, 4.69) is 24.2 Å². The molecule has 2 N–H and O–H groups in total. The molecule has 2 aromatic rings. The lowest BCUT2D eigenvalue weighted by Gasteiger charge is -2.00. The number of halogens is 1. The molecule has 0 bridgehead atoms. The molecule has 0 amide bonds. The second kappa shape index (κ2) is 3.63. The molecule has 2 rings (SSSR count). The van der Waals surface area contributed by atoms with Crippen LogP contribution in [0.5, 0.6) is 0 Å². The van der Waals surface area contributed by atoms with Crippen LogP contribution in [0.2, 0.25) is 5.02 Å². The summed E-state index contributed by atoms with van der Waals surface area (Å²) in [4.78, 5) is 2.52. The van der Waals surface area contributed by atoms with Crippen molar-refractivity contribution in [3.05, 3.63) is 33.1 Å². The van der Waals surface area contributed by atoms with E-state index in [9.17, 15) is 0 Å². The van der Waals surface area contributed by atoms with Gasteiger partial charge in [0.05, 0.1) is 12.7 Å². The van der Waals surface area contributed by atoms with Crippen molar-refractivity contribution in [2.75, 3.05) is 5.73 Å². The van der Waals surface area contributed by atoms with Gasteiger partial charge in [0.2, 0.25) is 0 Å². The van der Waals surface area contributed by atoms with Crippen molar-refractivity contribution in [3.63, 3.8) is 0 Å². The van der Waals surface area contributed by atoms with E-state index < -0.39 is 0 Å². The van der Waals surface area contributed by atoms with Gasteiger partial charge in [-0.3, -0.25) is 0 Å². The number of hydrogen-bond acceptors (Lipinski definition) is 3. The smallest absolute Gasteiger partial charge is 0.140 e. The fourth-order valence-electron chi connectivity index (χ4n) is 1.22. The Hall–Kier alpha value is -1.000. The summed E-state index contributed by atoms with van der Waals surface area (Å²) in [5.74, 6) is 0.526. The standard InChI is InChI=1S/C9H10ClN3S/c1-6-2-3-7(14-6)5-13-9(11)8(10)4-12-13/h2-4H,5,11H2,1H3. The predicted molar refractivity (Wildman–Crippen MR) is 59.8 cm³/mol. The summed E-state index contributed by atoms with van der Waals surface area (Å²) in [6, 6.07) is 4.16. The minimum atomic E-state index is 0.512. The zero-order chi connectivity index (χ0) is 10.1. The summed E-state index contributed by atoms with van der Waals surface area (Å²) in [7, 11) is 0. The highest BCUT2D eigenvalue weighted by Crippen LogP contribution is 2.21. The first kappa shape index (κ1) is 9.55. The molecule has 0 aliphatic heterocycles. The van der Waals surface area contributed by atoms with Crippen LogP contribution in [0.4, 0.5) is 5.82 Å². The number of anilines is 1. The first-order chi connectivity index (χ1) is 6.66. The lowest BCUT2D eigenvalue weighted by atomic mass is 10.4. The number of hydrogen-bond donors (Lipinski definition) is 1. The zero-order valence-corrected chi connectivity index (χ0v) is 9.27. The molecule has 0 unspecified atom stereocenters. The second-order valence-electron chi connectivity index (χ2n) is 3.05. The maximum absolute atomic E-state index is 5.80. The topological polar surface area (TPSA) is 43.8 Å². The van der Waals surface area contributed by atoms with Gasteiger partial charge >= 0.3 is 0 Å². The number of nitrogen functional groups attached to an aromatic ring is 1. The Morgan fingerprint density at radius 3 is 2.86 bits per heavy atom. The van der Waals surface area contributed by atoms with Gasteiger partial charge in [-0.05, 0) is 19.1 Å². The van der Waals surface area contributed by atoms with Crippen molar-refractivity contribution in [1.82, 2.24) is 9.78 Å². The molecule has 0 atom stereocenters. The molecule has 3 nitrogen and oxygen atoms in total. The van der Waals surface area contributed by atoms with Gasteiger partial charge in [-0.2, -0.15) is 5.10 Å². The van der Waals surface area contributed by atoms with E-state index in [1.807, 2.05) is 0 Å². The first-order valence-electron chi connectivity index (χ1n) is 4.19. The summed E-state index contributed by atoms with van der Waals surface area (Å²) in [6.07, 6.45) is 1.57. The minimum Gasteiger partial charge on any atom is -0.383 e. The van der Waals surface area contributed by atoms with E-state index in [4.69, 9.17) is 17.3 Å². The Balaban J connectivity index is 2.22. The maximum Gasteiger partial charge on any atom is 0.140 e. The molecule has 0 aliphatic rings. The number of nitrogens with zero attached hydrogens (tertiary/aromatic N) is 2. The van der Waals surface area contributed by atoms with E-state index >= 15 is 0 Å². The van der Waals surface area contributed by atoms with E-state index in [1.165, 1.54) is 9.75 Å². The van der Waals surface area contributed by atoms with Crippen molar-refractivity contribution < 1.29 is 0 Å². The summed E-state index contributed by atoms with van der Waals surface area (Å²) >= 11 is 7.54. The van der Waals surface area contributed by atoms with Crippen molar-refractivity contribution in [3.8, 4) is 0 Å². The molecule has 5 heteroatoms. The number of nitrogens with two attached hydrogens (primary N) is 1. The van der Waals surface area contributed by atoms with Gasteiger partial charge < -0.3 is 5.73 Å². The molecule has 0 aliphatic carbocycles. The van der Waals surface area contributed by atoms with E-state index in [1.54, 1.807) is 22.2 Å². The van der Waals surface area contributed by atoms with Gasteiger partial charge in [0.25, 0.3) is 0 Å². The molecule has 0 saturated heterocycles. The maximum atomic E-state index is 5.80. The molecule has 2 heterocycles. The van der Waals surface area contributed by atoms with Crippen molar-refractivity contribution >= 4 is 28.8 Å². The molecular weight excluding hydrogens is 218 g/mol. The second-order valence-corrected chi connectivity index (χ2v) is 4.83. The Labute approximate surface area is 91.1 Å². The molecule has 74 valence electrons. The summed E-state index contributed by atoms with van der Waals surface area (Å²) in [6.45, 7) is 2.77. The third-order valence-corrected chi connectivity index (χ3v) is 3.21. The van der Waals surface area contributed by atoms with E-state index in [0.29, 0.717) is 17.4 Å². The highest BCUT2D eigenvalue weighted by Gasteiger charge is 2.06. The first-order valence-corrected chi connectivity index (χ1v) is 5.38. The summed E-state index contributed by atoms with van der Waals surface area (Å²) < 4.78 is 1.70. The van der Waals surface area contributed by atoms with Gasteiger partial charge in [0, 0.05) is 9.75 Å². The molecule has 14 heavy (non-hydrogen) atoms. The highest BCUT2D eigenvalue weighted by molar-refractivity contribution is 7.11. The normalized spacial score (nSPS) is 10.7. The summed E-state index contributed by atoms with van der Waals surface area (Å²) in [5, 5.41) is 4.60. The van der Waals surface area contributed by atoms with Crippen LogP contribution in [0.25, 0.3) is 0 Å². The molecule has 2 aromatic heterocycles. The van der Waals surface area contributed by atoms with Crippen LogP contribution in [0.3, 0.4) is 0 Å². The van der Waals surface area contributed by atoms with Gasteiger partial charge in [0.1, 0.15) is 10.8 Å². The number of aromatic nitrogens is 2. The van der Waals surface area contributed by atoms with Crippen LogP contribution in [0.15, 0.2) is 18.3 Å². The van der Waals surface area contributed by atoms with Crippen molar-refractivity contribution in [2.24, 2.45) is 0 Å². The van der Waals surface area contributed by atoms with E-state index in [-0.39, 0.29) is 0 Å². The lowest BCUT2D eigenvalue weighted by Crippen LogP contribution is -2.04. The minimum absolute atomic E-state index is 0.512. The average Bonchev–Trinajstić information content (AvgIpc) is 2.67. The van der Waals surface area contributed by atoms with Gasteiger partial charge in [-0.25, -0.2) is 4.68 Å². The van der Waals surface area contributed by atoms with Gasteiger partial charge in [0.15, 0.2) is 0 Å². The average molecular weight is 228 g/mol. The number of rotatable bonds is 2. The molecule has 0 spiro atoms. The highest BCUT2D eigenvalue weighted by atomic mass is 35.5. The Morgan fingerprint density at radius 2 is 2.36 bits per heavy atom. The lowest BCUT2D eigenvalue weighted by molar-refractivity contribution is 0.705. The molecule has 0 fully saturated rings. The Morgan fingerprint density at radius 1 is 1.57 bits per heavy atom. The van der Waals surface area contributed by atoms with Crippen LogP contribution in [0, 0.1) is 6.92 Å². The van der Waals surface area contributed by atoms with E-state index in [0.717, 1.165) is 0 Å². The van der Waals surface area contributed by atoms with Crippen molar-refractivity contribution in [1.29, 1.82) is 0 Å². The molecule has 0 aromatic carbocycles.